The number of halogens is 1. The van der Waals surface area contributed by atoms with Gasteiger partial charge in [0.15, 0.2) is 11.5 Å². The molecule has 0 radical (unpaired) electrons. The average molecular weight is 555 g/mol. The molecule has 174 valence electrons. The molecule has 0 N–H and O–H groups in total. The number of carbonyl (C=O) groups excluding carboxylic acids is 1. The Bertz CT molecular complexity index is 1250. The summed E-state index contributed by atoms with van der Waals surface area (Å²) in [5.74, 6) is 1.11. The van der Waals surface area contributed by atoms with Gasteiger partial charge in [-0.2, -0.15) is 0 Å². The lowest BCUT2D eigenvalue weighted by Gasteiger charge is -2.15. The van der Waals surface area contributed by atoms with Crippen LogP contribution < -0.4 is 9.47 Å². The zero-order valence-electron chi connectivity index (χ0n) is 19.1. The minimum absolute atomic E-state index is 0.0923. The molecule has 1 heterocycles. The highest BCUT2D eigenvalue weighted by Gasteiger charge is 2.32. The molecule has 3 aromatic rings. The van der Waals surface area contributed by atoms with Gasteiger partial charge in [0.1, 0.15) is 10.9 Å². The maximum atomic E-state index is 13.1. The summed E-state index contributed by atoms with van der Waals surface area (Å²) in [6.07, 6.45) is 1.84. The smallest absolute Gasteiger partial charge is 0.266 e. The summed E-state index contributed by atoms with van der Waals surface area (Å²) in [4.78, 5) is 15.3. The Morgan fingerprint density at radius 3 is 2.24 bits per heavy atom. The monoisotopic (exact) mass is 553 g/mol. The van der Waals surface area contributed by atoms with Gasteiger partial charge < -0.3 is 9.47 Å². The van der Waals surface area contributed by atoms with E-state index >= 15 is 0 Å². The molecule has 1 amide bonds. The Morgan fingerprint density at radius 2 is 1.62 bits per heavy atom. The number of thioether (sulfide) groups is 1. The van der Waals surface area contributed by atoms with Gasteiger partial charge in [-0.05, 0) is 64.7 Å². The van der Waals surface area contributed by atoms with Crippen molar-refractivity contribution >= 4 is 56.2 Å². The van der Waals surface area contributed by atoms with Crippen LogP contribution in [0.25, 0.3) is 6.08 Å². The van der Waals surface area contributed by atoms with Crippen molar-refractivity contribution in [1.82, 2.24) is 4.90 Å². The lowest BCUT2D eigenvalue weighted by atomic mass is 10.1. The fourth-order valence-electron chi connectivity index (χ4n) is 3.47. The highest BCUT2D eigenvalue weighted by Crippen LogP contribution is 2.39. The van der Waals surface area contributed by atoms with E-state index in [1.807, 2.05) is 61.5 Å². The average Bonchev–Trinajstić information content (AvgIpc) is 3.07. The first kappa shape index (κ1) is 24.5. The van der Waals surface area contributed by atoms with E-state index in [1.54, 1.807) is 12.0 Å². The molecule has 0 aliphatic carbocycles. The van der Waals surface area contributed by atoms with Gasteiger partial charge in [0.2, 0.25) is 0 Å². The van der Waals surface area contributed by atoms with Crippen molar-refractivity contribution in [2.75, 3.05) is 7.11 Å². The maximum absolute atomic E-state index is 13.1. The van der Waals surface area contributed by atoms with E-state index in [-0.39, 0.29) is 5.91 Å². The van der Waals surface area contributed by atoms with Crippen molar-refractivity contribution in [3.05, 3.63) is 97.9 Å². The molecule has 7 heteroatoms. The summed E-state index contributed by atoms with van der Waals surface area (Å²) >= 11 is 10.4. The molecule has 1 aliphatic heterocycles. The number of hydrogen-bond acceptors (Lipinski definition) is 5. The van der Waals surface area contributed by atoms with Crippen LogP contribution in [0.5, 0.6) is 11.5 Å². The van der Waals surface area contributed by atoms with E-state index in [4.69, 9.17) is 21.7 Å². The van der Waals surface area contributed by atoms with Crippen molar-refractivity contribution in [3.63, 3.8) is 0 Å². The lowest BCUT2D eigenvalue weighted by molar-refractivity contribution is -0.122. The first-order valence-electron chi connectivity index (χ1n) is 10.7. The number of hydrogen-bond donors (Lipinski definition) is 0. The van der Waals surface area contributed by atoms with Crippen LogP contribution in [0.2, 0.25) is 0 Å². The molecule has 1 fully saturated rings. The zero-order chi connectivity index (χ0) is 24.2. The van der Waals surface area contributed by atoms with Crippen LogP contribution in [0.4, 0.5) is 0 Å². The Balaban J connectivity index is 1.52. The molecule has 0 unspecified atom stereocenters. The Labute approximate surface area is 218 Å². The van der Waals surface area contributed by atoms with E-state index in [0.717, 1.165) is 21.2 Å². The fraction of sp³-hybridized carbons (Fsp3) is 0.185. The standard InChI is InChI=1S/C27H24BrNO3S2/c1-17-4-8-19(9-5-17)15-29-26(30)24(34-27(29)33)14-21-12-22(28)25(23(13-21)31-3)32-16-20-10-6-18(2)7-11-20/h4-14H,15-16H2,1-3H3/b24-14-. The van der Waals surface area contributed by atoms with Gasteiger partial charge in [0.25, 0.3) is 5.91 Å². The zero-order valence-corrected chi connectivity index (χ0v) is 22.4. The molecule has 3 aromatic carbocycles. The number of amides is 1. The van der Waals surface area contributed by atoms with E-state index in [2.05, 4.69) is 35.0 Å². The van der Waals surface area contributed by atoms with Gasteiger partial charge >= 0.3 is 0 Å². The Morgan fingerprint density at radius 1 is 1.00 bits per heavy atom. The van der Waals surface area contributed by atoms with Gasteiger partial charge in [0, 0.05) is 0 Å². The van der Waals surface area contributed by atoms with Gasteiger partial charge in [-0.3, -0.25) is 9.69 Å². The van der Waals surface area contributed by atoms with Crippen LogP contribution in [-0.2, 0) is 17.9 Å². The van der Waals surface area contributed by atoms with Crippen molar-refractivity contribution in [1.29, 1.82) is 0 Å². The molecule has 1 saturated heterocycles. The third-order valence-electron chi connectivity index (χ3n) is 5.39. The number of rotatable bonds is 7. The minimum atomic E-state index is -0.0923. The Kier molecular flexibility index (Phi) is 7.76. The molecule has 4 nitrogen and oxygen atoms in total. The number of carbonyl (C=O) groups is 1. The number of benzene rings is 3. The predicted octanol–water partition coefficient (Wildman–Crippen LogP) is 7.05. The lowest BCUT2D eigenvalue weighted by Crippen LogP contribution is -2.27. The van der Waals surface area contributed by atoms with Crippen molar-refractivity contribution in [2.24, 2.45) is 0 Å². The fourth-order valence-corrected chi connectivity index (χ4v) is 5.30. The topological polar surface area (TPSA) is 38.8 Å². The highest BCUT2D eigenvalue weighted by molar-refractivity contribution is 9.10. The van der Waals surface area contributed by atoms with Gasteiger partial charge in [-0.25, -0.2) is 0 Å². The van der Waals surface area contributed by atoms with Crippen LogP contribution >= 0.6 is 39.9 Å². The number of nitrogens with zero attached hydrogens (tertiary/aromatic N) is 1. The van der Waals surface area contributed by atoms with Gasteiger partial charge in [-0.15, -0.1) is 0 Å². The van der Waals surface area contributed by atoms with E-state index in [9.17, 15) is 4.79 Å². The summed E-state index contributed by atoms with van der Waals surface area (Å²) in [6, 6.07) is 20.1. The molecule has 0 spiro atoms. The molecule has 0 bridgehead atoms. The third kappa shape index (κ3) is 5.71. The quantitative estimate of drug-likeness (QED) is 0.231. The van der Waals surface area contributed by atoms with Crippen LogP contribution in [0, 0.1) is 13.8 Å². The summed E-state index contributed by atoms with van der Waals surface area (Å²) in [7, 11) is 1.60. The summed E-state index contributed by atoms with van der Waals surface area (Å²) in [6.45, 7) is 4.98. The normalized spacial score (nSPS) is 14.7. The van der Waals surface area contributed by atoms with E-state index < -0.39 is 0 Å². The van der Waals surface area contributed by atoms with Crippen LogP contribution in [-0.4, -0.2) is 22.2 Å². The van der Waals surface area contributed by atoms with Crippen molar-refractivity contribution < 1.29 is 14.3 Å². The van der Waals surface area contributed by atoms with Crippen LogP contribution in [0.15, 0.2) is 70.0 Å². The third-order valence-corrected chi connectivity index (χ3v) is 7.36. The molecule has 0 aromatic heterocycles. The van der Waals surface area contributed by atoms with Crippen LogP contribution in [0.3, 0.4) is 0 Å². The minimum Gasteiger partial charge on any atom is -0.493 e. The molecule has 34 heavy (non-hydrogen) atoms. The summed E-state index contributed by atoms with van der Waals surface area (Å²) in [5, 5.41) is 0. The predicted molar refractivity (Wildman–Crippen MR) is 146 cm³/mol. The summed E-state index contributed by atoms with van der Waals surface area (Å²) in [5.41, 5.74) is 5.32. The number of aryl methyl sites for hydroxylation is 2. The Hall–Kier alpha value is -2.61. The molecule has 1 aliphatic rings. The number of ether oxygens (including phenoxy) is 2. The van der Waals surface area contributed by atoms with Gasteiger partial charge in [-0.1, -0.05) is 83.6 Å². The van der Waals surface area contributed by atoms with Crippen molar-refractivity contribution in [3.8, 4) is 11.5 Å². The maximum Gasteiger partial charge on any atom is 0.266 e. The second-order valence-corrected chi connectivity index (χ2v) is 10.6. The first-order valence-corrected chi connectivity index (χ1v) is 12.7. The first-order chi connectivity index (χ1) is 16.3. The molecule has 0 atom stereocenters. The second kappa shape index (κ2) is 10.8. The molecular weight excluding hydrogens is 530 g/mol. The van der Waals surface area contributed by atoms with Gasteiger partial charge in [0.05, 0.1) is 23.0 Å². The largest absolute Gasteiger partial charge is 0.493 e. The van der Waals surface area contributed by atoms with Crippen molar-refractivity contribution in [2.45, 2.75) is 27.0 Å². The van der Waals surface area contributed by atoms with E-state index in [1.165, 1.54) is 22.9 Å². The summed E-state index contributed by atoms with van der Waals surface area (Å²) < 4.78 is 12.9. The number of thiocarbonyl (C=S) groups is 1. The van der Waals surface area contributed by atoms with Crippen LogP contribution in [0.1, 0.15) is 27.8 Å². The van der Waals surface area contributed by atoms with E-state index in [0.29, 0.717) is 33.9 Å². The molecule has 4 rings (SSSR count). The molecule has 0 saturated carbocycles. The number of methoxy groups -OCH3 is 1. The highest BCUT2D eigenvalue weighted by atomic mass is 79.9. The SMILES string of the molecule is COc1cc(/C=C2\SC(=S)N(Cc3ccc(C)cc3)C2=O)cc(Br)c1OCc1ccc(C)cc1. The second-order valence-electron chi connectivity index (χ2n) is 8.06. The molecular formula is C27H24BrNO3S2.